The molecule has 1 heterocycles. The first-order valence-corrected chi connectivity index (χ1v) is 6.92. The Kier molecular flexibility index (Phi) is 3.99. The Balaban J connectivity index is 1.98. The molecular weight excluding hydrogens is 307 g/mol. The first-order chi connectivity index (χ1) is 10.2. The fraction of sp³-hybridized carbons (Fsp3) is 0. The average Bonchev–Trinajstić information content (AvgIpc) is 3.01. The Morgan fingerprint density at radius 3 is 2.48 bits per heavy atom. The van der Waals surface area contributed by atoms with E-state index >= 15 is 0 Å². The fourth-order valence-corrected chi connectivity index (χ4v) is 2.11. The van der Waals surface area contributed by atoms with Gasteiger partial charge in [0, 0.05) is 16.3 Å². The molecule has 0 bridgehead atoms. The molecule has 0 spiro atoms. The molecule has 0 amide bonds. The lowest BCUT2D eigenvalue weighted by molar-refractivity contribution is 0.879. The van der Waals surface area contributed by atoms with Gasteiger partial charge in [0.2, 0.25) is 0 Å². The predicted molar refractivity (Wildman–Crippen MR) is 85.1 cm³/mol. The number of hydrogen-bond donors (Lipinski definition) is 0. The largest absolute Gasteiger partial charge is 0.254 e. The molecule has 0 radical (unpaired) electrons. The summed E-state index contributed by atoms with van der Waals surface area (Å²) < 4.78 is 1.64. The number of aromatic nitrogens is 3. The highest BCUT2D eigenvalue weighted by atomic mass is 35.5. The van der Waals surface area contributed by atoms with E-state index in [1.807, 2.05) is 30.3 Å². The highest BCUT2D eigenvalue weighted by Gasteiger charge is 2.05. The number of rotatable bonds is 3. The molecule has 2 aromatic carbocycles. The van der Waals surface area contributed by atoms with Gasteiger partial charge in [0.1, 0.15) is 12.7 Å². The van der Waals surface area contributed by atoms with Crippen LogP contribution >= 0.6 is 23.2 Å². The zero-order valence-corrected chi connectivity index (χ0v) is 12.3. The summed E-state index contributed by atoms with van der Waals surface area (Å²) in [4.78, 5) is 8.42. The molecule has 0 saturated carbocycles. The van der Waals surface area contributed by atoms with E-state index in [1.165, 1.54) is 6.33 Å². The van der Waals surface area contributed by atoms with Gasteiger partial charge in [-0.25, -0.2) is 9.67 Å². The molecule has 1 aromatic heterocycles. The van der Waals surface area contributed by atoms with E-state index in [4.69, 9.17) is 23.2 Å². The van der Waals surface area contributed by atoms with Gasteiger partial charge in [-0.15, -0.1) is 0 Å². The SMILES string of the molecule is Clc1ccc(C=Nc2cc(Cl)ccc2-n2cncn2)cc1. The third-order valence-corrected chi connectivity index (χ3v) is 3.31. The summed E-state index contributed by atoms with van der Waals surface area (Å²) in [7, 11) is 0. The second kappa shape index (κ2) is 6.08. The molecule has 3 rings (SSSR count). The van der Waals surface area contributed by atoms with Crippen molar-refractivity contribution in [3.63, 3.8) is 0 Å². The first-order valence-electron chi connectivity index (χ1n) is 6.16. The highest BCUT2D eigenvalue weighted by molar-refractivity contribution is 6.31. The standard InChI is InChI=1S/C15H10Cl2N4/c16-12-3-1-11(2-4-12)8-19-14-7-13(17)5-6-15(14)21-10-18-9-20-21/h1-10H. The molecular formula is C15H10Cl2N4. The number of hydrogen-bond acceptors (Lipinski definition) is 3. The van der Waals surface area contributed by atoms with Crippen LogP contribution < -0.4 is 0 Å². The fourth-order valence-electron chi connectivity index (χ4n) is 1.82. The van der Waals surface area contributed by atoms with Crippen LogP contribution in [0.2, 0.25) is 10.0 Å². The highest BCUT2D eigenvalue weighted by Crippen LogP contribution is 2.26. The lowest BCUT2D eigenvalue weighted by atomic mass is 10.2. The minimum Gasteiger partial charge on any atom is -0.254 e. The van der Waals surface area contributed by atoms with E-state index in [1.54, 1.807) is 29.4 Å². The second-order valence-electron chi connectivity index (χ2n) is 4.28. The normalized spacial score (nSPS) is 11.1. The Hall–Kier alpha value is -2.17. The van der Waals surface area contributed by atoms with E-state index in [9.17, 15) is 0 Å². The number of halogens is 2. The lowest BCUT2D eigenvalue weighted by Gasteiger charge is -2.05. The summed E-state index contributed by atoms with van der Waals surface area (Å²) in [6.45, 7) is 0. The van der Waals surface area contributed by atoms with Crippen LogP contribution in [-0.4, -0.2) is 21.0 Å². The summed E-state index contributed by atoms with van der Waals surface area (Å²) in [5.41, 5.74) is 2.47. The molecule has 0 aliphatic rings. The first kappa shape index (κ1) is 13.8. The topological polar surface area (TPSA) is 43.1 Å². The van der Waals surface area contributed by atoms with Gasteiger partial charge in [-0.3, -0.25) is 4.99 Å². The maximum absolute atomic E-state index is 6.04. The zero-order valence-electron chi connectivity index (χ0n) is 10.8. The van der Waals surface area contributed by atoms with Crippen LogP contribution in [-0.2, 0) is 0 Å². The van der Waals surface area contributed by atoms with E-state index in [0.717, 1.165) is 11.3 Å². The Morgan fingerprint density at radius 2 is 1.76 bits per heavy atom. The van der Waals surface area contributed by atoms with Crippen LogP contribution in [0.15, 0.2) is 60.1 Å². The quantitative estimate of drug-likeness (QED) is 0.675. The van der Waals surface area contributed by atoms with Gasteiger partial charge < -0.3 is 0 Å². The van der Waals surface area contributed by atoms with Crippen molar-refractivity contribution in [2.24, 2.45) is 4.99 Å². The predicted octanol–water partition coefficient (Wildman–Crippen LogP) is 4.32. The van der Waals surface area contributed by atoms with Gasteiger partial charge in [-0.05, 0) is 35.9 Å². The zero-order chi connectivity index (χ0) is 14.7. The monoisotopic (exact) mass is 316 g/mol. The Bertz CT molecular complexity index is 765. The molecule has 0 fully saturated rings. The van der Waals surface area contributed by atoms with Gasteiger partial charge >= 0.3 is 0 Å². The maximum atomic E-state index is 6.04. The Labute approximate surface area is 131 Å². The van der Waals surface area contributed by atoms with Crippen molar-refractivity contribution >= 4 is 35.1 Å². The molecule has 4 nitrogen and oxygen atoms in total. The van der Waals surface area contributed by atoms with Gasteiger partial charge in [0.15, 0.2) is 0 Å². The molecule has 0 saturated heterocycles. The molecule has 3 aromatic rings. The minimum atomic E-state index is 0.613. The molecule has 0 atom stereocenters. The number of benzene rings is 2. The lowest BCUT2D eigenvalue weighted by Crippen LogP contribution is -1.94. The molecule has 0 aliphatic heterocycles. The molecule has 0 N–H and O–H groups in total. The van der Waals surface area contributed by atoms with Crippen LogP contribution in [0.1, 0.15) is 5.56 Å². The van der Waals surface area contributed by atoms with Crippen LogP contribution in [0, 0.1) is 0 Å². The van der Waals surface area contributed by atoms with Crippen molar-refractivity contribution in [2.75, 3.05) is 0 Å². The molecule has 21 heavy (non-hydrogen) atoms. The third-order valence-electron chi connectivity index (χ3n) is 2.83. The van der Waals surface area contributed by atoms with E-state index in [-0.39, 0.29) is 0 Å². The summed E-state index contributed by atoms with van der Waals surface area (Å²) in [6.07, 6.45) is 4.84. The smallest absolute Gasteiger partial charge is 0.138 e. The van der Waals surface area contributed by atoms with Gasteiger partial charge in [-0.2, -0.15) is 5.10 Å². The van der Waals surface area contributed by atoms with Crippen molar-refractivity contribution in [3.8, 4) is 5.69 Å². The van der Waals surface area contributed by atoms with Crippen molar-refractivity contribution in [3.05, 3.63) is 70.7 Å². The van der Waals surface area contributed by atoms with Crippen LogP contribution in [0.3, 0.4) is 0 Å². The molecule has 6 heteroatoms. The summed E-state index contributed by atoms with van der Waals surface area (Å²) >= 11 is 11.9. The Morgan fingerprint density at radius 1 is 1.00 bits per heavy atom. The number of aliphatic imine (C=N–C) groups is 1. The van der Waals surface area contributed by atoms with Crippen LogP contribution in [0.25, 0.3) is 5.69 Å². The van der Waals surface area contributed by atoms with Crippen molar-refractivity contribution in [2.45, 2.75) is 0 Å². The third kappa shape index (κ3) is 3.29. The molecule has 0 unspecified atom stereocenters. The summed E-state index contributed by atoms with van der Waals surface area (Å²) in [5, 5.41) is 5.42. The summed E-state index contributed by atoms with van der Waals surface area (Å²) in [5.74, 6) is 0. The molecule has 0 aliphatic carbocycles. The van der Waals surface area contributed by atoms with Crippen LogP contribution in [0.4, 0.5) is 5.69 Å². The van der Waals surface area contributed by atoms with Gasteiger partial charge in [-0.1, -0.05) is 35.3 Å². The van der Waals surface area contributed by atoms with E-state index in [0.29, 0.717) is 15.7 Å². The van der Waals surface area contributed by atoms with Crippen LogP contribution in [0.5, 0.6) is 0 Å². The average molecular weight is 317 g/mol. The minimum absolute atomic E-state index is 0.613. The molecule has 104 valence electrons. The number of nitrogens with zero attached hydrogens (tertiary/aromatic N) is 4. The van der Waals surface area contributed by atoms with Gasteiger partial charge in [0.05, 0.1) is 11.4 Å². The van der Waals surface area contributed by atoms with Crippen molar-refractivity contribution < 1.29 is 0 Å². The second-order valence-corrected chi connectivity index (χ2v) is 5.16. The summed E-state index contributed by atoms with van der Waals surface area (Å²) in [6, 6.07) is 12.9. The maximum Gasteiger partial charge on any atom is 0.138 e. The van der Waals surface area contributed by atoms with Crippen molar-refractivity contribution in [1.82, 2.24) is 14.8 Å². The van der Waals surface area contributed by atoms with E-state index < -0.39 is 0 Å². The van der Waals surface area contributed by atoms with Crippen molar-refractivity contribution in [1.29, 1.82) is 0 Å². The van der Waals surface area contributed by atoms with E-state index in [2.05, 4.69) is 15.1 Å². The van der Waals surface area contributed by atoms with Gasteiger partial charge in [0.25, 0.3) is 0 Å².